The van der Waals surface area contributed by atoms with Gasteiger partial charge in [-0.1, -0.05) is 0 Å². The SMILES string of the molecule is CONC(=O)[C@H]1C[C@H](O)CN1.Cl. The highest BCUT2D eigenvalue weighted by atomic mass is 35.5. The van der Waals surface area contributed by atoms with Crippen molar-refractivity contribution in [1.82, 2.24) is 10.8 Å². The summed E-state index contributed by atoms with van der Waals surface area (Å²) in [6, 6.07) is -0.315. The molecule has 1 aliphatic heterocycles. The molecule has 1 amide bonds. The number of hydrogen-bond donors (Lipinski definition) is 3. The summed E-state index contributed by atoms with van der Waals surface area (Å²) < 4.78 is 0. The lowest BCUT2D eigenvalue weighted by Crippen LogP contribution is -2.39. The Morgan fingerprint density at radius 3 is 2.83 bits per heavy atom. The minimum Gasteiger partial charge on any atom is -0.392 e. The predicted octanol–water partition coefficient (Wildman–Crippen LogP) is -1.19. The fraction of sp³-hybridized carbons (Fsp3) is 0.833. The number of amides is 1. The molecule has 0 radical (unpaired) electrons. The summed E-state index contributed by atoms with van der Waals surface area (Å²) in [4.78, 5) is 15.4. The summed E-state index contributed by atoms with van der Waals surface area (Å²) in [5, 5.41) is 11.9. The molecule has 12 heavy (non-hydrogen) atoms. The lowest BCUT2D eigenvalue weighted by atomic mass is 10.2. The van der Waals surface area contributed by atoms with Crippen LogP contribution in [0.25, 0.3) is 0 Å². The molecule has 6 heteroatoms. The van der Waals surface area contributed by atoms with Crippen LogP contribution in [0.15, 0.2) is 0 Å². The van der Waals surface area contributed by atoms with Gasteiger partial charge in [0.2, 0.25) is 0 Å². The fourth-order valence-electron chi connectivity index (χ4n) is 1.09. The van der Waals surface area contributed by atoms with Crippen LogP contribution in [0.4, 0.5) is 0 Å². The molecule has 5 nitrogen and oxygen atoms in total. The number of hydrogen-bond acceptors (Lipinski definition) is 4. The van der Waals surface area contributed by atoms with Crippen molar-refractivity contribution in [2.75, 3.05) is 13.7 Å². The Balaban J connectivity index is 0.00000121. The first-order valence-electron chi connectivity index (χ1n) is 3.48. The van der Waals surface area contributed by atoms with Gasteiger partial charge in [0.25, 0.3) is 5.91 Å². The maximum atomic E-state index is 11.0. The molecule has 0 saturated carbocycles. The van der Waals surface area contributed by atoms with E-state index in [0.717, 1.165) is 0 Å². The average Bonchev–Trinajstić information content (AvgIpc) is 2.36. The molecule has 3 N–H and O–H groups in total. The highest BCUT2D eigenvalue weighted by Crippen LogP contribution is 2.05. The molecule has 0 spiro atoms. The highest BCUT2D eigenvalue weighted by molar-refractivity contribution is 5.85. The van der Waals surface area contributed by atoms with E-state index in [9.17, 15) is 4.79 Å². The van der Waals surface area contributed by atoms with E-state index in [1.807, 2.05) is 0 Å². The zero-order valence-electron chi connectivity index (χ0n) is 6.74. The Bertz CT molecular complexity index is 156. The van der Waals surface area contributed by atoms with Crippen LogP contribution in [0, 0.1) is 0 Å². The van der Waals surface area contributed by atoms with E-state index in [2.05, 4.69) is 15.6 Å². The van der Waals surface area contributed by atoms with Crippen molar-refractivity contribution >= 4 is 18.3 Å². The normalized spacial score (nSPS) is 27.8. The van der Waals surface area contributed by atoms with Gasteiger partial charge in [0.05, 0.1) is 19.3 Å². The van der Waals surface area contributed by atoms with Crippen molar-refractivity contribution in [3.63, 3.8) is 0 Å². The molecule has 0 aliphatic carbocycles. The maximum absolute atomic E-state index is 11.0. The molecule has 1 fully saturated rings. The topological polar surface area (TPSA) is 70.6 Å². The van der Waals surface area contributed by atoms with Gasteiger partial charge < -0.3 is 10.4 Å². The third kappa shape index (κ3) is 2.94. The predicted molar refractivity (Wildman–Crippen MR) is 44.8 cm³/mol. The first-order chi connectivity index (χ1) is 5.24. The number of halogens is 1. The van der Waals surface area contributed by atoms with Crippen molar-refractivity contribution in [1.29, 1.82) is 0 Å². The largest absolute Gasteiger partial charge is 0.392 e. The third-order valence-corrected chi connectivity index (χ3v) is 1.63. The quantitative estimate of drug-likeness (QED) is 0.486. The molecule has 0 aromatic heterocycles. The molecule has 72 valence electrons. The van der Waals surface area contributed by atoms with Gasteiger partial charge in [-0.2, -0.15) is 0 Å². The molecule has 1 rings (SSSR count). The molecule has 0 aromatic carbocycles. The lowest BCUT2D eigenvalue weighted by Gasteiger charge is -2.07. The van der Waals surface area contributed by atoms with Crippen molar-refractivity contribution < 1.29 is 14.7 Å². The van der Waals surface area contributed by atoms with E-state index in [4.69, 9.17) is 5.11 Å². The van der Waals surface area contributed by atoms with E-state index in [1.54, 1.807) is 0 Å². The second-order valence-corrected chi connectivity index (χ2v) is 2.52. The van der Waals surface area contributed by atoms with E-state index >= 15 is 0 Å². The van der Waals surface area contributed by atoms with Crippen LogP contribution in [0.3, 0.4) is 0 Å². The van der Waals surface area contributed by atoms with Crippen LogP contribution in [0.5, 0.6) is 0 Å². The van der Waals surface area contributed by atoms with Crippen molar-refractivity contribution in [3.8, 4) is 0 Å². The zero-order chi connectivity index (χ0) is 8.27. The standard InChI is InChI=1S/C6H12N2O3.ClH/c1-11-8-6(10)5-2-4(9)3-7-5;/h4-5,7,9H,2-3H2,1H3,(H,8,10);1H/t4-,5+;/m0./s1. The van der Waals surface area contributed by atoms with Crippen molar-refractivity contribution in [2.24, 2.45) is 0 Å². The average molecular weight is 197 g/mol. The van der Waals surface area contributed by atoms with Gasteiger partial charge in [-0.3, -0.25) is 9.63 Å². The molecular weight excluding hydrogens is 184 g/mol. The van der Waals surface area contributed by atoms with Gasteiger partial charge in [-0.05, 0) is 6.42 Å². The third-order valence-electron chi connectivity index (χ3n) is 1.63. The zero-order valence-corrected chi connectivity index (χ0v) is 7.56. The first-order valence-corrected chi connectivity index (χ1v) is 3.48. The van der Waals surface area contributed by atoms with Crippen LogP contribution >= 0.6 is 12.4 Å². The second kappa shape index (κ2) is 5.31. The van der Waals surface area contributed by atoms with E-state index in [-0.39, 0.29) is 24.4 Å². The van der Waals surface area contributed by atoms with Crippen LogP contribution in [-0.2, 0) is 9.63 Å². The number of β-amino-alcohol motifs (C(OH)–C–C–N with tert-alkyl or cyclic N) is 1. The second-order valence-electron chi connectivity index (χ2n) is 2.52. The Labute approximate surface area is 76.8 Å². The molecule has 2 atom stereocenters. The van der Waals surface area contributed by atoms with Gasteiger partial charge in [0.15, 0.2) is 0 Å². The minimum absolute atomic E-state index is 0. The van der Waals surface area contributed by atoms with E-state index in [1.165, 1.54) is 7.11 Å². The number of carbonyl (C=O) groups excluding carboxylic acids is 1. The number of hydroxylamine groups is 1. The number of carbonyl (C=O) groups is 1. The molecule has 0 aromatic rings. The lowest BCUT2D eigenvalue weighted by molar-refractivity contribution is -0.133. The van der Waals surface area contributed by atoms with Gasteiger partial charge in [0, 0.05) is 6.54 Å². The molecular formula is C6H13ClN2O3. The minimum atomic E-state index is -0.414. The van der Waals surface area contributed by atoms with Crippen molar-refractivity contribution in [3.05, 3.63) is 0 Å². The van der Waals surface area contributed by atoms with Gasteiger partial charge in [-0.15, -0.1) is 12.4 Å². The fourth-order valence-corrected chi connectivity index (χ4v) is 1.09. The van der Waals surface area contributed by atoms with Crippen LogP contribution in [-0.4, -0.2) is 36.8 Å². The first kappa shape index (κ1) is 11.6. The molecule has 0 bridgehead atoms. The molecule has 1 aliphatic rings. The summed E-state index contributed by atoms with van der Waals surface area (Å²) in [5.74, 6) is -0.232. The van der Waals surface area contributed by atoms with Crippen LogP contribution in [0.1, 0.15) is 6.42 Å². The summed E-state index contributed by atoms with van der Waals surface area (Å²) in [6.07, 6.45) is 0.0393. The smallest absolute Gasteiger partial charge is 0.260 e. The monoisotopic (exact) mass is 196 g/mol. The summed E-state index contributed by atoms with van der Waals surface area (Å²) in [6.45, 7) is 0.474. The number of aliphatic hydroxyl groups excluding tert-OH is 1. The number of nitrogens with one attached hydrogen (secondary N) is 2. The van der Waals surface area contributed by atoms with E-state index < -0.39 is 6.10 Å². The Morgan fingerprint density at radius 2 is 2.42 bits per heavy atom. The Hall–Kier alpha value is -0.360. The highest BCUT2D eigenvalue weighted by Gasteiger charge is 2.27. The number of rotatable bonds is 2. The molecule has 1 saturated heterocycles. The van der Waals surface area contributed by atoms with E-state index in [0.29, 0.717) is 13.0 Å². The Kier molecular flexibility index (Phi) is 5.16. The van der Waals surface area contributed by atoms with Gasteiger partial charge in [-0.25, -0.2) is 5.48 Å². The Morgan fingerprint density at radius 1 is 1.75 bits per heavy atom. The van der Waals surface area contributed by atoms with Crippen LogP contribution in [0.2, 0.25) is 0 Å². The summed E-state index contributed by atoms with van der Waals surface area (Å²) >= 11 is 0. The van der Waals surface area contributed by atoms with Crippen LogP contribution < -0.4 is 10.8 Å². The summed E-state index contributed by atoms with van der Waals surface area (Å²) in [7, 11) is 1.38. The summed E-state index contributed by atoms with van der Waals surface area (Å²) in [5.41, 5.74) is 2.20. The number of aliphatic hydroxyl groups is 1. The van der Waals surface area contributed by atoms with Gasteiger partial charge >= 0.3 is 0 Å². The van der Waals surface area contributed by atoms with Crippen molar-refractivity contribution in [2.45, 2.75) is 18.6 Å². The molecule has 0 unspecified atom stereocenters. The molecule has 1 heterocycles. The maximum Gasteiger partial charge on any atom is 0.260 e. The van der Waals surface area contributed by atoms with Gasteiger partial charge in [0.1, 0.15) is 0 Å².